The molecule has 0 saturated carbocycles. The molecule has 2 aromatic carbocycles. The van der Waals surface area contributed by atoms with Crippen molar-refractivity contribution in [3.63, 3.8) is 0 Å². The Morgan fingerprint density at radius 2 is 1.78 bits per heavy atom. The number of benzene rings is 2. The fraction of sp³-hybridized carbons (Fsp3) is 0.320. The Morgan fingerprint density at radius 1 is 1.00 bits per heavy atom. The topological polar surface area (TPSA) is 117 Å². The molecule has 0 bridgehead atoms. The van der Waals surface area contributed by atoms with Crippen LogP contribution in [0.3, 0.4) is 0 Å². The van der Waals surface area contributed by atoms with E-state index in [1.165, 1.54) is 9.13 Å². The summed E-state index contributed by atoms with van der Waals surface area (Å²) in [5.74, 6) is 0.670. The van der Waals surface area contributed by atoms with Gasteiger partial charge in [-0.3, -0.25) is 18.5 Å². The summed E-state index contributed by atoms with van der Waals surface area (Å²) < 4.78 is 13.2. The van der Waals surface area contributed by atoms with Gasteiger partial charge in [0, 0.05) is 26.2 Å². The zero-order chi connectivity index (χ0) is 24.8. The van der Waals surface area contributed by atoms with Crippen molar-refractivity contribution < 1.29 is 0 Å². The predicted octanol–water partition coefficient (Wildman–Crippen LogP) is 1.93. The third kappa shape index (κ3) is 3.90. The van der Waals surface area contributed by atoms with Gasteiger partial charge in [-0.15, -0.1) is 0 Å². The van der Waals surface area contributed by atoms with Gasteiger partial charge in [-0.2, -0.15) is 13.7 Å². The Hall–Kier alpha value is -3.83. The van der Waals surface area contributed by atoms with E-state index >= 15 is 0 Å². The van der Waals surface area contributed by atoms with E-state index in [0.717, 1.165) is 53.3 Å². The molecule has 0 radical (unpaired) electrons. The number of rotatable bonds is 5. The van der Waals surface area contributed by atoms with E-state index in [4.69, 9.17) is 10.7 Å². The van der Waals surface area contributed by atoms with Crippen molar-refractivity contribution in [1.82, 2.24) is 27.4 Å². The lowest BCUT2D eigenvalue weighted by molar-refractivity contribution is 0.495. The highest BCUT2D eigenvalue weighted by atomic mass is 32.1. The van der Waals surface area contributed by atoms with Crippen LogP contribution in [0.25, 0.3) is 22.2 Å². The average Bonchev–Trinajstić information content (AvgIpc) is 3.51. The molecule has 10 nitrogen and oxygen atoms in total. The third-order valence-corrected chi connectivity index (χ3v) is 7.35. The van der Waals surface area contributed by atoms with Gasteiger partial charge < -0.3 is 10.6 Å². The highest BCUT2D eigenvalue weighted by Crippen LogP contribution is 2.24. The summed E-state index contributed by atoms with van der Waals surface area (Å²) in [6, 6.07) is 15.6. The summed E-state index contributed by atoms with van der Waals surface area (Å²) in [6.45, 7) is 2.05. The summed E-state index contributed by atoms with van der Waals surface area (Å²) in [5.41, 5.74) is 9.70. The van der Waals surface area contributed by atoms with Gasteiger partial charge in [0.2, 0.25) is 5.95 Å². The average molecular weight is 503 g/mol. The smallest absolute Gasteiger partial charge is 0.332 e. The molecule has 184 valence electrons. The first-order valence-corrected chi connectivity index (χ1v) is 12.7. The quantitative estimate of drug-likeness (QED) is 0.390. The highest BCUT2D eigenvalue weighted by molar-refractivity contribution is 7.00. The van der Waals surface area contributed by atoms with Gasteiger partial charge in [0.25, 0.3) is 5.56 Å². The van der Waals surface area contributed by atoms with Crippen molar-refractivity contribution in [2.75, 3.05) is 18.0 Å². The fourth-order valence-corrected chi connectivity index (χ4v) is 5.47. The number of aryl methyl sites for hydroxylation is 1. The second-order valence-corrected chi connectivity index (χ2v) is 9.85. The maximum absolute atomic E-state index is 13.9. The van der Waals surface area contributed by atoms with Crippen LogP contribution in [-0.2, 0) is 20.1 Å². The Balaban J connectivity index is 1.53. The molecule has 0 spiro atoms. The zero-order valence-corrected chi connectivity index (χ0v) is 20.7. The minimum Gasteiger partial charge on any atom is -0.341 e. The van der Waals surface area contributed by atoms with Gasteiger partial charge in [-0.05, 0) is 36.1 Å². The van der Waals surface area contributed by atoms with Crippen molar-refractivity contribution in [3.8, 4) is 0 Å². The molecule has 1 fully saturated rings. The molecular weight excluding hydrogens is 476 g/mol. The first-order valence-electron chi connectivity index (χ1n) is 12.0. The van der Waals surface area contributed by atoms with Crippen LogP contribution in [-0.4, -0.2) is 46.6 Å². The largest absolute Gasteiger partial charge is 0.341 e. The summed E-state index contributed by atoms with van der Waals surface area (Å²) in [6.07, 6.45) is 1.91. The van der Waals surface area contributed by atoms with Crippen LogP contribution in [0.4, 0.5) is 5.95 Å². The first kappa shape index (κ1) is 22.6. The van der Waals surface area contributed by atoms with Crippen molar-refractivity contribution in [2.45, 2.75) is 32.0 Å². The number of piperidine rings is 1. The summed E-state index contributed by atoms with van der Waals surface area (Å²) >= 11 is 1.14. The number of hydrogen-bond donors (Lipinski definition) is 1. The van der Waals surface area contributed by atoms with E-state index in [0.29, 0.717) is 30.2 Å². The standard InChI is InChI=1S/C25H26N8O2S/c1-30-22-21(23(34)33(25(30)35)14-17-9-10-19-20(12-17)29-36-28-19)32(13-16-6-3-2-4-7-16)24(27-22)31-11-5-8-18(26)15-31/h2-4,6-7,9-10,12,18H,5,8,11,13-15,26H2,1H3/t18-/m1/s1. The normalized spacial score (nSPS) is 16.3. The number of nitrogens with zero attached hydrogens (tertiary/aromatic N) is 7. The second-order valence-electron chi connectivity index (χ2n) is 9.32. The van der Waals surface area contributed by atoms with Crippen molar-refractivity contribution in [3.05, 3.63) is 80.5 Å². The van der Waals surface area contributed by atoms with Crippen molar-refractivity contribution in [2.24, 2.45) is 12.8 Å². The van der Waals surface area contributed by atoms with E-state index in [1.54, 1.807) is 7.05 Å². The van der Waals surface area contributed by atoms with E-state index in [2.05, 4.69) is 13.6 Å². The molecule has 1 aliphatic heterocycles. The van der Waals surface area contributed by atoms with Crippen LogP contribution in [0, 0.1) is 0 Å². The Labute approximate surface area is 210 Å². The number of fused-ring (bicyclic) bond motifs is 2. The lowest BCUT2D eigenvalue weighted by Gasteiger charge is -2.31. The molecule has 4 heterocycles. The van der Waals surface area contributed by atoms with Crippen LogP contribution in [0.1, 0.15) is 24.0 Å². The summed E-state index contributed by atoms with van der Waals surface area (Å²) in [5, 5.41) is 0. The molecule has 36 heavy (non-hydrogen) atoms. The van der Waals surface area contributed by atoms with E-state index < -0.39 is 5.69 Å². The zero-order valence-electron chi connectivity index (χ0n) is 19.9. The number of hydrogen-bond acceptors (Lipinski definition) is 8. The van der Waals surface area contributed by atoms with Gasteiger partial charge >= 0.3 is 5.69 Å². The number of imidazole rings is 1. The molecule has 1 aliphatic rings. The molecule has 0 aliphatic carbocycles. The molecule has 11 heteroatoms. The summed E-state index contributed by atoms with van der Waals surface area (Å²) in [4.78, 5) is 34.2. The predicted molar refractivity (Wildman–Crippen MR) is 141 cm³/mol. The molecule has 0 amide bonds. The van der Waals surface area contributed by atoms with Crippen LogP contribution >= 0.6 is 11.7 Å². The lowest BCUT2D eigenvalue weighted by Crippen LogP contribution is -2.44. The molecule has 0 unspecified atom stereocenters. The summed E-state index contributed by atoms with van der Waals surface area (Å²) in [7, 11) is 1.67. The maximum Gasteiger partial charge on any atom is 0.332 e. The molecule has 1 atom stereocenters. The van der Waals surface area contributed by atoms with E-state index in [-0.39, 0.29) is 18.1 Å². The first-order chi connectivity index (χ1) is 17.5. The molecule has 2 N–H and O–H groups in total. The van der Waals surface area contributed by atoms with Gasteiger partial charge in [-0.1, -0.05) is 36.4 Å². The van der Waals surface area contributed by atoms with Crippen molar-refractivity contribution in [1.29, 1.82) is 0 Å². The van der Waals surface area contributed by atoms with Gasteiger partial charge in [0.15, 0.2) is 11.2 Å². The van der Waals surface area contributed by atoms with E-state index in [9.17, 15) is 9.59 Å². The number of anilines is 1. The maximum atomic E-state index is 13.9. The molecule has 3 aromatic heterocycles. The van der Waals surface area contributed by atoms with Crippen LogP contribution in [0.5, 0.6) is 0 Å². The minimum atomic E-state index is -0.407. The van der Waals surface area contributed by atoms with Crippen LogP contribution in [0.2, 0.25) is 0 Å². The van der Waals surface area contributed by atoms with E-state index in [1.807, 2.05) is 53.1 Å². The highest BCUT2D eigenvalue weighted by Gasteiger charge is 2.26. The Morgan fingerprint density at radius 3 is 2.58 bits per heavy atom. The molecule has 6 rings (SSSR count). The minimum absolute atomic E-state index is 0.0411. The third-order valence-electron chi connectivity index (χ3n) is 6.80. The SMILES string of the molecule is Cn1c(=O)n(Cc2ccc3nsnc3c2)c(=O)c2c1nc(N1CCC[C@@H](N)C1)n2Cc1ccccc1. The molecule has 5 aromatic rings. The fourth-order valence-electron chi connectivity index (χ4n) is 4.96. The number of aromatic nitrogens is 6. The Kier molecular flexibility index (Phi) is 5.65. The van der Waals surface area contributed by atoms with Gasteiger partial charge in [0.1, 0.15) is 11.0 Å². The lowest BCUT2D eigenvalue weighted by atomic mass is 10.1. The van der Waals surface area contributed by atoms with Crippen molar-refractivity contribution >= 4 is 39.9 Å². The Bertz CT molecular complexity index is 1680. The molecule has 1 saturated heterocycles. The second kappa shape index (κ2) is 8.99. The van der Waals surface area contributed by atoms with Gasteiger partial charge in [-0.25, -0.2) is 4.79 Å². The number of nitrogens with two attached hydrogens (primary N) is 1. The van der Waals surface area contributed by atoms with Gasteiger partial charge in [0.05, 0.1) is 24.8 Å². The molecular formula is C25H26N8O2S. The van der Waals surface area contributed by atoms with Crippen LogP contribution < -0.4 is 21.9 Å². The van der Waals surface area contributed by atoms with Crippen LogP contribution in [0.15, 0.2) is 58.1 Å². The monoisotopic (exact) mass is 502 g/mol.